The van der Waals surface area contributed by atoms with Crippen molar-refractivity contribution in [2.45, 2.75) is 0 Å². The molecule has 1 N–H and O–H groups in total. The van der Waals surface area contributed by atoms with E-state index >= 15 is 0 Å². The van der Waals surface area contributed by atoms with Crippen LogP contribution in [0, 0.1) is 0 Å². The highest BCUT2D eigenvalue weighted by molar-refractivity contribution is 9.11. The fourth-order valence-corrected chi connectivity index (χ4v) is 2.91. The number of amides is 1. The maximum Gasteiger partial charge on any atom is 0.255 e. The minimum atomic E-state index is -0.116. The van der Waals surface area contributed by atoms with Crippen LogP contribution in [-0.4, -0.2) is 5.91 Å². The lowest BCUT2D eigenvalue weighted by molar-refractivity contribution is 0.102. The molecular formula is C17H11Br2NO. The molecule has 0 radical (unpaired) electrons. The lowest BCUT2D eigenvalue weighted by Crippen LogP contribution is -2.11. The second kappa shape index (κ2) is 6.00. The van der Waals surface area contributed by atoms with E-state index in [2.05, 4.69) is 37.2 Å². The van der Waals surface area contributed by atoms with Crippen LogP contribution in [0.5, 0.6) is 0 Å². The van der Waals surface area contributed by atoms with Gasteiger partial charge in [-0.1, -0.05) is 56.1 Å². The highest BCUT2D eigenvalue weighted by Gasteiger charge is 2.09. The normalized spacial score (nSPS) is 10.6. The fraction of sp³-hybridized carbons (Fsp3) is 0. The van der Waals surface area contributed by atoms with Crippen LogP contribution < -0.4 is 5.32 Å². The van der Waals surface area contributed by atoms with Gasteiger partial charge < -0.3 is 5.32 Å². The van der Waals surface area contributed by atoms with Gasteiger partial charge in [0.2, 0.25) is 0 Å². The highest BCUT2D eigenvalue weighted by atomic mass is 79.9. The lowest BCUT2D eigenvalue weighted by Gasteiger charge is -2.10. The first-order chi connectivity index (χ1) is 10.1. The van der Waals surface area contributed by atoms with E-state index in [-0.39, 0.29) is 5.91 Å². The summed E-state index contributed by atoms with van der Waals surface area (Å²) in [5, 5.41) is 5.06. The van der Waals surface area contributed by atoms with Crippen molar-refractivity contribution in [1.82, 2.24) is 0 Å². The van der Waals surface area contributed by atoms with Crippen LogP contribution in [0.2, 0.25) is 0 Å². The molecule has 3 aromatic rings. The molecule has 4 heteroatoms. The van der Waals surface area contributed by atoms with Crippen LogP contribution >= 0.6 is 31.9 Å². The molecule has 0 aliphatic heterocycles. The van der Waals surface area contributed by atoms with Gasteiger partial charge in [0.25, 0.3) is 5.91 Å². The zero-order valence-corrected chi connectivity index (χ0v) is 14.1. The molecule has 0 fully saturated rings. The maximum absolute atomic E-state index is 12.3. The SMILES string of the molecule is O=C(Nc1ccc(Br)c2ccccc12)c1ccc(Br)cc1. The Hall–Kier alpha value is -1.65. The Morgan fingerprint density at radius 3 is 2.19 bits per heavy atom. The van der Waals surface area contributed by atoms with Gasteiger partial charge in [0.1, 0.15) is 0 Å². The van der Waals surface area contributed by atoms with Crippen LogP contribution in [0.1, 0.15) is 10.4 Å². The van der Waals surface area contributed by atoms with Crippen molar-refractivity contribution in [1.29, 1.82) is 0 Å². The smallest absolute Gasteiger partial charge is 0.255 e. The number of anilines is 1. The number of carbonyl (C=O) groups excluding carboxylic acids is 1. The second-order valence-corrected chi connectivity index (χ2v) is 6.37. The summed E-state index contributed by atoms with van der Waals surface area (Å²) in [7, 11) is 0. The van der Waals surface area contributed by atoms with Crippen LogP contribution in [0.25, 0.3) is 10.8 Å². The Balaban J connectivity index is 1.97. The lowest BCUT2D eigenvalue weighted by atomic mass is 10.1. The van der Waals surface area contributed by atoms with Crippen LogP contribution in [0.3, 0.4) is 0 Å². The van der Waals surface area contributed by atoms with Gasteiger partial charge in [-0.25, -0.2) is 0 Å². The molecule has 0 unspecified atom stereocenters. The van der Waals surface area contributed by atoms with Gasteiger partial charge in [0, 0.05) is 25.6 Å². The summed E-state index contributed by atoms with van der Waals surface area (Å²) >= 11 is 6.90. The highest BCUT2D eigenvalue weighted by Crippen LogP contribution is 2.30. The minimum absolute atomic E-state index is 0.116. The third-order valence-electron chi connectivity index (χ3n) is 3.23. The van der Waals surface area contributed by atoms with Gasteiger partial charge in [-0.3, -0.25) is 4.79 Å². The largest absolute Gasteiger partial charge is 0.321 e. The Morgan fingerprint density at radius 1 is 0.810 bits per heavy atom. The van der Waals surface area contributed by atoms with Crippen molar-refractivity contribution >= 4 is 54.2 Å². The van der Waals surface area contributed by atoms with Gasteiger partial charge in [0.05, 0.1) is 0 Å². The number of carbonyl (C=O) groups is 1. The molecule has 3 rings (SSSR count). The molecule has 0 aromatic heterocycles. The number of rotatable bonds is 2. The molecule has 2 nitrogen and oxygen atoms in total. The number of halogens is 2. The summed E-state index contributed by atoms with van der Waals surface area (Å²) in [4.78, 5) is 12.3. The van der Waals surface area contributed by atoms with Gasteiger partial charge in [0.15, 0.2) is 0 Å². The van der Waals surface area contributed by atoms with Crippen molar-refractivity contribution in [2.75, 3.05) is 5.32 Å². The number of fused-ring (bicyclic) bond motifs is 1. The first-order valence-corrected chi connectivity index (χ1v) is 7.98. The second-order valence-electron chi connectivity index (χ2n) is 4.60. The monoisotopic (exact) mass is 403 g/mol. The van der Waals surface area contributed by atoms with Crippen LogP contribution in [0.15, 0.2) is 69.6 Å². The van der Waals surface area contributed by atoms with Crippen molar-refractivity contribution < 1.29 is 4.79 Å². The summed E-state index contributed by atoms with van der Waals surface area (Å²) in [6, 6.07) is 19.1. The molecule has 104 valence electrons. The van der Waals surface area contributed by atoms with E-state index in [1.165, 1.54) is 0 Å². The third kappa shape index (κ3) is 3.01. The van der Waals surface area contributed by atoms with E-state index in [0.717, 1.165) is 25.4 Å². The number of nitrogens with one attached hydrogen (secondary N) is 1. The van der Waals surface area contributed by atoms with Gasteiger partial charge >= 0.3 is 0 Å². The van der Waals surface area contributed by atoms with Crippen molar-refractivity contribution in [3.63, 3.8) is 0 Å². The van der Waals surface area contributed by atoms with E-state index in [4.69, 9.17) is 0 Å². The Kier molecular flexibility index (Phi) is 4.08. The molecule has 0 saturated heterocycles. The Bertz CT molecular complexity index is 813. The summed E-state index contributed by atoms with van der Waals surface area (Å²) in [5.74, 6) is -0.116. The standard InChI is InChI=1S/C17H11Br2NO/c18-12-7-5-11(6-8-12)17(21)20-16-10-9-15(19)13-3-1-2-4-14(13)16/h1-10H,(H,20,21). The zero-order chi connectivity index (χ0) is 14.8. The predicted octanol–water partition coefficient (Wildman–Crippen LogP) is 5.62. The summed E-state index contributed by atoms with van der Waals surface area (Å²) < 4.78 is 1.97. The van der Waals surface area contributed by atoms with Crippen molar-refractivity contribution in [3.05, 3.63) is 75.2 Å². The van der Waals surface area contributed by atoms with Gasteiger partial charge in [-0.15, -0.1) is 0 Å². The molecule has 1 amide bonds. The van der Waals surface area contributed by atoms with Crippen LogP contribution in [-0.2, 0) is 0 Å². The Labute approximate surface area is 139 Å². The topological polar surface area (TPSA) is 29.1 Å². The molecular weight excluding hydrogens is 394 g/mol. The predicted molar refractivity (Wildman–Crippen MR) is 93.7 cm³/mol. The number of benzene rings is 3. The summed E-state index contributed by atoms with van der Waals surface area (Å²) in [5.41, 5.74) is 1.44. The average molecular weight is 405 g/mol. The Morgan fingerprint density at radius 2 is 1.48 bits per heavy atom. The molecule has 3 aromatic carbocycles. The summed E-state index contributed by atoms with van der Waals surface area (Å²) in [6.07, 6.45) is 0. The number of hydrogen-bond acceptors (Lipinski definition) is 1. The molecule has 0 aliphatic rings. The molecule has 0 spiro atoms. The molecule has 0 saturated carbocycles. The van der Waals surface area contributed by atoms with Crippen LogP contribution in [0.4, 0.5) is 5.69 Å². The first kappa shape index (κ1) is 14.3. The van der Waals surface area contributed by atoms with Gasteiger partial charge in [-0.2, -0.15) is 0 Å². The molecule has 0 heterocycles. The number of hydrogen-bond donors (Lipinski definition) is 1. The molecule has 0 bridgehead atoms. The molecule has 21 heavy (non-hydrogen) atoms. The third-order valence-corrected chi connectivity index (χ3v) is 4.45. The first-order valence-electron chi connectivity index (χ1n) is 6.39. The molecule has 0 atom stereocenters. The average Bonchev–Trinajstić information content (AvgIpc) is 2.51. The molecule has 0 aliphatic carbocycles. The minimum Gasteiger partial charge on any atom is -0.321 e. The fourth-order valence-electron chi connectivity index (χ4n) is 2.17. The van der Waals surface area contributed by atoms with E-state index in [0.29, 0.717) is 5.56 Å². The maximum atomic E-state index is 12.3. The van der Waals surface area contributed by atoms with E-state index in [9.17, 15) is 4.79 Å². The zero-order valence-electron chi connectivity index (χ0n) is 10.9. The summed E-state index contributed by atoms with van der Waals surface area (Å²) in [6.45, 7) is 0. The van der Waals surface area contributed by atoms with E-state index < -0.39 is 0 Å². The van der Waals surface area contributed by atoms with Crippen molar-refractivity contribution in [2.24, 2.45) is 0 Å². The van der Waals surface area contributed by atoms with Crippen molar-refractivity contribution in [3.8, 4) is 0 Å². The van der Waals surface area contributed by atoms with E-state index in [1.54, 1.807) is 12.1 Å². The quantitative estimate of drug-likeness (QED) is 0.590. The van der Waals surface area contributed by atoms with E-state index in [1.807, 2.05) is 48.5 Å². The van der Waals surface area contributed by atoms with Gasteiger partial charge in [-0.05, 0) is 41.8 Å².